The number of rotatable bonds is 7. The molecule has 0 aliphatic carbocycles. The molecule has 1 aromatic carbocycles. The summed E-state index contributed by atoms with van der Waals surface area (Å²) in [4.78, 5) is 25.4. The molecule has 0 unspecified atom stereocenters. The Bertz CT molecular complexity index is 1200. The summed E-state index contributed by atoms with van der Waals surface area (Å²) >= 11 is 0. The van der Waals surface area contributed by atoms with Crippen LogP contribution in [-0.4, -0.2) is 26.1 Å². The number of carbonyl (C=O) groups is 1. The van der Waals surface area contributed by atoms with Gasteiger partial charge in [-0.05, 0) is 25.3 Å². The molecule has 0 bridgehead atoms. The van der Waals surface area contributed by atoms with Gasteiger partial charge in [0.2, 0.25) is 5.91 Å². The van der Waals surface area contributed by atoms with Gasteiger partial charge in [-0.3, -0.25) is 14.0 Å². The van der Waals surface area contributed by atoms with Crippen LogP contribution in [0.3, 0.4) is 0 Å². The van der Waals surface area contributed by atoms with E-state index in [2.05, 4.69) is 22.5 Å². The Morgan fingerprint density at radius 2 is 2.00 bits per heavy atom. The summed E-state index contributed by atoms with van der Waals surface area (Å²) in [7, 11) is 0. The van der Waals surface area contributed by atoms with Crippen LogP contribution in [0.4, 0.5) is 0 Å². The first-order valence-electron chi connectivity index (χ1n) is 9.88. The van der Waals surface area contributed by atoms with Crippen molar-refractivity contribution in [2.24, 2.45) is 0 Å². The van der Waals surface area contributed by atoms with Crippen LogP contribution >= 0.6 is 0 Å². The number of aryl methyl sites for hydroxylation is 2. The average molecular weight is 392 g/mol. The maximum absolute atomic E-state index is 12.9. The van der Waals surface area contributed by atoms with Crippen molar-refractivity contribution in [3.63, 3.8) is 0 Å². The van der Waals surface area contributed by atoms with Crippen molar-refractivity contribution >= 4 is 22.5 Å². The number of carbonyl (C=O) groups excluding carboxylic acids is 1. The van der Waals surface area contributed by atoms with Gasteiger partial charge in [-0.25, -0.2) is 4.68 Å². The first kappa shape index (κ1) is 19.0. The molecule has 29 heavy (non-hydrogen) atoms. The van der Waals surface area contributed by atoms with E-state index in [0.717, 1.165) is 18.4 Å². The van der Waals surface area contributed by atoms with E-state index in [0.29, 0.717) is 23.3 Å². The third kappa shape index (κ3) is 3.81. The van der Waals surface area contributed by atoms with Crippen LogP contribution < -0.4 is 10.9 Å². The van der Waals surface area contributed by atoms with Crippen LogP contribution in [-0.2, 0) is 24.2 Å². The van der Waals surface area contributed by atoms with E-state index in [1.54, 1.807) is 16.7 Å². The highest BCUT2D eigenvalue weighted by Gasteiger charge is 2.17. The highest BCUT2D eigenvalue weighted by atomic mass is 16.3. The lowest BCUT2D eigenvalue weighted by molar-refractivity contribution is -0.122. The van der Waals surface area contributed by atoms with Crippen molar-refractivity contribution in [3.8, 4) is 0 Å². The first-order chi connectivity index (χ1) is 14.1. The molecule has 150 valence electrons. The molecule has 4 rings (SSSR count). The van der Waals surface area contributed by atoms with E-state index < -0.39 is 0 Å². The topological polar surface area (TPSA) is 81.5 Å². The second kappa shape index (κ2) is 7.95. The number of nitrogens with one attached hydrogen (secondary N) is 1. The predicted octanol–water partition coefficient (Wildman–Crippen LogP) is 2.94. The van der Waals surface area contributed by atoms with Gasteiger partial charge in [0.25, 0.3) is 5.56 Å². The Morgan fingerprint density at radius 3 is 2.76 bits per heavy atom. The Labute approximate surface area is 167 Å². The van der Waals surface area contributed by atoms with Crippen LogP contribution in [0.5, 0.6) is 0 Å². The van der Waals surface area contributed by atoms with Gasteiger partial charge < -0.3 is 9.73 Å². The molecule has 3 heterocycles. The second-order valence-corrected chi connectivity index (χ2v) is 7.26. The van der Waals surface area contributed by atoms with E-state index in [-0.39, 0.29) is 24.1 Å². The number of nitrogens with zero attached hydrogens (tertiary/aromatic N) is 3. The lowest BCUT2D eigenvalue weighted by Crippen LogP contribution is -2.39. The lowest BCUT2D eigenvalue weighted by atomic mass is 10.1. The maximum Gasteiger partial charge on any atom is 0.291 e. The van der Waals surface area contributed by atoms with Gasteiger partial charge in [0.05, 0.1) is 11.8 Å². The number of benzene rings is 1. The fourth-order valence-corrected chi connectivity index (χ4v) is 3.62. The minimum absolute atomic E-state index is 0.00317. The molecular weight excluding hydrogens is 368 g/mol. The third-order valence-electron chi connectivity index (χ3n) is 5.10. The molecule has 1 amide bonds. The van der Waals surface area contributed by atoms with Crippen LogP contribution in [0.25, 0.3) is 16.6 Å². The predicted molar refractivity (Wildman–Crippen MR) is 111 cm³/mol. The zero-order chi connectivity index (χ0) is 20.4. The maximum atomic E-state index is 12.9. The van der Waals surface area contributed by atoms with E-state index >= 15 is 0 Å². The standard InChI is InChI=1S/C22H24N4O3/c1-3-20-24-25(22(28)18-13-19-17(26(18)20)11-12-29-19)14-21(27)23-15(2)9-10-16-7-5-4-6-8-16/h4-8,11-13,15H,3,9-10,14H2,1-2H3,(H,23,27)/t15-/m1/s1. The number of hydrogen-bond donors (Lipinski definition) is 1. The molecule has 0 fully saturated rings. The van der Waals surface area contributed by atoms with Gasteiger partial charge in [0.15, 0.2) is 5.58 Å². The first-order valence-corrected chi connectivity index (χ1v) is 9.88. The summed E-state index contributed by atoms with van der Waals surface area (Å²) in [5.41, 5.74) is 2.85. The number of fused-ring (bicyclic) bond motifs is 3. The van der Waals surface area contributed by atoms with Crippen molar-refractivity contribution in [1.82, 2.24) is 19.5 Å². The Hall–Kier alpha value is -3.35. The van der Waals surface area contributed by atoms with E-state index in [4.69, 9.17) is 4.42 Å². The molecule has 0 aliphatic heterocycles. The summed E-state index contributed by atoms with van der Waals surface area (Å²) in [6.07, 6.45) is 3.93. The van der Waals surface area contributed by atoms with E-state index in [9.17, 15) is 9.59 Å². The molecule has 0 saturated carbocycles. The van der Waals surface area contributed by atoms with Crippen LogP contribution in [0.2, 0.25) is 0 Å². The van der Waals surface area contributed by atoms with Gasteiger partial charge in [-0.2, -0.15) is 5.10 Å². The summed E-state index contributed by atoms with van der Waals surface area (Å²) in [6.45, 7) is 3.83. The fourth-order valence-electron chi connectivity index (χ4n) is 3.62. The zero-order valence-corrected chi connectivity index (χ0v) is 16.6. The Balaban J connectivity index is 1.49. The van der Waals surface area contributed by atoms with Crippen LogP contribution in [0.1, 0.15) is 31.7 Å². The van der Waals surface area contributed by atoms with Gasteiger partial charge in [-0.15, -0.1) is 0 Å². The summed E-state index contributed by atoms with van der Waals surface area (Å²) in [5, 5.41) is 7.40. The molecule has 1 atom stereocenters. The molecule has 4 aromatic rings. The van der Waals surface area contributed by atoms with E-state index in [1.807, 2.05) is 38.1 Å². The third-order valence-corrected chi connectivity index (χ3v) is 5.10. The molecular formula is C22H24N4O3. The van der Waals surface area contributed by atoms with Crippen LogP contribution in [0.15, 0.2) is 57.9 Å². The number of hydrogen-bond acceptors (Lipinski definition) is 4. The summed E-state index contributed by atoms with van der Waals surface area (Å²) in [6, 6.07) is 13.7. The van der Waals surface area contributed by atoms with E-state index in [1.165, 1.54) is 10.2 Å². The fraction of sp³-hybridized carbons (Fsp3) is 0.318. The molecule has 1 N–H and O–H groups in total. The van der Waals surface area contributed by atoms with Crippen molar-refractivity contribution in [2.45, 2.75) is 45.7 Å². The van der Waals surface area contributed by atoms with Crippen molar-refractivity contribution in [3.05, 3.63) is 70.5 Å². The smallest absolute Gasteiger partial charge is 0.291 e. The molecule has 7 heteroatoms. The quantitative estimate of drug-likeness (QED) is 0.524. The number of aromatic nitrogens is 3. The molecule has 7 nitrogen and oxygen atoms in total. The van der Waals surface area contributed by atoms with Crippen molar-refractivity contribution < 1.29 is 9.21 Å². The minimum atomic E-state index is -0.305. The summed E-state index contributed by atoms with van der Waals surface area (Å²) < 4.78 is 8.46. The SMILES string of the molecule is CCc1nn(CC(=O)N[C@H](C)CCc2ccccc2)c(=O)c2cc3occc3n12. The van der Waals surface area contributed by atoms with Crippen LogP contribution in [0, 0.1) is 0 Å². The average Bonchev–Trinajstić information content (AvgIpc) is 3.31. The lowest BCUT2D eigenvalue weighted by Gasteiger charge is -2.15. The summed E-state index contributed by atoms with van der Waals surface area (Å²) in [5.74, 6) is 0.489. The van der Waals surface area contributed by atoms with Crippen molar-refractivity contribution in [2.75, 3.05) is 0 Å². The highest BCUT2D eigenvalue weighted by Crippen LogP contribution is 2.20. The zero-order valence-electron chi connectivity index (χ0n) is 16.6. The second-order valence-electron chi connectivity index (χ2n) is 7.26. The molecule has 0 radical (unpaired) electrons. The normalized spacial score (nSPS) is 12.5. The largest absolute Gasteiger partial charge is 0.463 e. The number of furan rings is 1. The Kier molecular flexibility index (Phi) is 5.20. The van der Waals surface area contributed by atoms with Crippen molar-refractivity contribution in [1.29, 1.82) is 0 Å². The molecule has 3 aromatic heterocycles. The monoisotopic (exact) mass is 392 g/mol. The number of amides is 1. The highest BCUT2D eigenvalue weighted by molar-refractivity contribution is 5.82. The molecule has 0 saturated heterocycles. The molecule has 0 spiro atoms. The minimum Gasteiger partial charge on any atom is -0.463 e. The molecule has 0 aliphatic rings. The van der Waals surface area contributed by atoms with Gasteiger partial charge >= 0.3 is 0 Å². The van der Waals surface area contributed by atoms with Gasteiger partial charge in [0.1, 0.15) is 17.9 Å². The van der Waals surface area contributed by atoms with Gasteiger partial charge in [-0.1, -0.05) is 37.3 Å². The van der Waals surface area contributed by atoms with Gasteiger partial charge in [0, 0.05) is 24.6 Å². The Morgan fingerprint density at radius 1 is 1.21 bits per heavy atom.